The number of aromatic nitrogens is 2. The highest BCUT2D eigenvalue weighted by Gasteiger charge is 2.33. The standard InChI is InChI=1S/C12H12F3N3O2/c13-12(14,15)8-17(5-6-19)11(20)9-7-16-18-4-2-1-3-10(9)18/h1-4,7,19H,5-6,8H2. The number of carbonyl (C=O) groups excluding carboxylic acids is 1. The molecule has 2 aromatic rings. The van der Waals surface area contributed by atoms with Crippen LogP contribution in [0.2, 0.25) is 0 Å². The second kappa shape index (κ2) is 5.49. The SMILES string of the molecule is O=C(c1cnn2ccccc12)N(CCO)CC(F)(F)F. The van der Waals surface area contributed by atoms with Crippen LogP contribution in [0.4, 0.5) is 13.2 Å². The van der Waals surface area contributed by atoms with Gasteiger partial charge in [-0.05, 0) is 12.1 Å². The third-order valence-electron chi connectivity index (χ3n) is 2.68. The van der Waals surface area contributed by atoms with E-state index in [0.29, 0.717) is 10.4 Å². The summed E-state index contributed by atoms with van der Waals surface area (Å²) in [5.74, 6) is -0.808. The van der Waals surface area contributed by atoms with Crippen molar-refractivity contribution in [2.24, 2.45) is 0 Å². The van der Waals surface area contributed by atoms with Gasteiger partial charge in [-0.1, -0.05) is 6.07 Å². The van der Waals surface area contributed by atoms with E-state index in [0.717, 1.165) is 0 Å². The molecule has 0 radical (unpaired) electrons. The van der Waals surface area contributed by atoms with E-state index in [4.69, 9.17) is 5.11 Å². The minimum atomic E-state index is -4.52. The third kappa shape index (κ3) is 3.08. The van der Waals surface area contributed by atoms with Gasteiger partial charge in [0.1, 0.15) is 6.54 Å². The quantitative estimate of drug-likeness (QED) is 0.923. The molecule has 1 N–H and O–H groups in total. The van der Waals surface area contributed by atoms with Crippen molar-refractivity contribution in [1.29, 1.82) is 0 Å². The zero-order chi connectivity index (χ0) is 14.8. The summed E-state index contributed by atoms with van der Waals surface area (Å²) >= 11 is 0. The average molecular weight is 287 g/mol. The number of rotatable bonds is 4. The number of fused-ring (bicyclic) bond motifs is 1. The molecule has 1 amide bonds. The molecular formula is C12H12F3N3O2. The Morgan fingerprint density at radius 1 is 1.40 bits per heavy atom. The van der Waals surface area contributed by atoms with Crippen LogP contribution in [-0.2, 0) is 0 Å². The number of aliphatic hydroxyl groups is 1. The lowest BCUT2D eigenvalue weighted by molar-refractivity contribution is -0.141. The molecule has 20 heavy (non-hydrogen) atoms. The Morgan fingerprint density at radius 3 is 2.80 bits per heavy atom. The maximum atomic E-state index is 12.4. The summed E-state index contributed by atoms with van der Waals surface area (Å²) in [5.41, 5.74) is 0.492. The molecule has 0 aromatic carbocycles. The number of hydrogen-bond donors (Lipinski definition) is 1. The van der Waals surface area contributed by atoms with Gasteiger partial charge >= 0.3 is 6.18 Å². The molecule has 0 spiro atoms. The van der Waals surface area contributed by atoms with Crippen LogP contribution >= 0.6 is 0 Å². The van der Waals surface area contributed by atoms with E-state index in [-0.39, 0.29) is 12.1 Å². The van der Waals surface area contributed by atoms with Gasteiger partial charge in [0.15, 0.2) is 0 Å². The van der Waals surface area contributed by atoms with Gasteiger partial charge < -0.3 is 10.0 Å². The second-order valence-corrected chi connectivity index (χ2v) is 4.15. The lowest BCUT2D eigenvalue weighted by atomic mass is 10.2. The van der Waals surface area contributed by atoms with Gasteiger partial charge in [-0.25, -0.2) is 4.52 Å². The maximum Gasteiger partial charge on any atom is 0.406 e. The van der Waals surface area contributed by atoms with Crippen molar-refractivity contribution < 1.29 is 23.1 Å². The van der Waals surface area contributed by atoms with Crippen LogP contribution in [0.1, 0.15) is 10.4 Å². The Morgan fingerprint density at radius 2 is 2.15 bits per heavy atom. The van der Waals surface area contributed by atoms with E-state index in [1.807, 2.05) is 0 Å². The highest BCUT2D eigenvalue weighted by molar-refractivity contribution is 6.00. The summed E-state index contributed by atoms with van der Waals surface area (Å²) in [6, 6.07) is 4.94. The predicted molar refractivity (Wildman–Crippen MR) is 64.2 cm³/mol. The van der Waals surface area contributed by atoms with Crippen LogP contribution in [0.3, 0.4) is 0 Å². The molecule has 0 fully saturated rings. The summed E-state index contributed by atoms with van der Waals surface area (Å²) in [5, 5.41) is 12.7. The normalized spacial score (nSPS) is 11.8. The lowest BCUT2D eigenvalue weighted by Gasteiger charge is -2.22. The van der Waals surface area contributed by atoms with Crippen LogP contribution < -0.4 is 0 Å². The van der Waals surface area contributed by atoms with Gasteiger partial charge in [0.05, 0.1) is 23.9 Å². The molecule has 8 heteroatoms. The maximum absolute atomic E-state index is 12.4. The lowest BCUT2D eigenvalue weighted by Crippen LogP contribution is -2.40. The molecule has 0 aliphatic carbocycles. The van der Waals surface area contributed by atoms with Crippen LogP contribution in [0.25, 0.3) is 5.52 Å². The van der Waals surface area contributed by atoms with Crippen molar-refractivity contribution in [3.05, 3.63) is 36.2 Å². The number of nitrogens with zero attached hydrogens (tertiary/aromatic N) is 3. The molecule has 0 saturated heterocycles. The van der Waals surface area contributed by atoms with E-state index >= 15 is 0 Å². The first-order valence-corrected chi connectivity index (χ1v) is 5.81. The largest absolute Gasteiger partial charge is 0.406 e. The highest BCUT2D eigenvalue weighted by atomic mass is 19.4. The van der Waals surface area contributed by atoms with Crippen LogP contribution in [0.5, 0.6) is 0 Å². The second-order valence-electron chi connectivity index (χ2n) is 4.15. The third-order valence-corrected chi connectivity index (χ3v) is 2.68. The molecule has 2 aromatic heterocycles. The number of alkyl halides is 3. The van der Waals surface area contributed by atoms with Gasteiger partial charge in [0.2, 0.25) is 0 Å². The van der Waals surface area contributed by atoms with Crippen molar-refractivity contribution in [3.63, 3.8) is 0 Å². The van der Waals surface area contributed by atoms with Crippen molar-refractivity contribution in [3.8, 4) is 0 Å². The van der Waals surface area contributed by atoms with Crippen LogP contribution in [-0.4, -0.2) is 51.4 Å². The Labute approximate surface area is 112 Å². The van der Waals surface area contributed by atoms with E-state index in [1.54, 1.807) is 24.4 Å². The first-order valence-electron chi connectivity index (χ1n) is 5.81. The first kappa shape index (κ1) is 14.3. The summed E-state index contributed by atoms with van der Waals surface area (Å²) < 4.78 is 38.7. The van der Waals surface area contributed by atoms with Gasteiger partial charge in [0.25, 0.3) is 5.91 Å². The van der Waals surface area contributed by atoms with Crippen LogP contribution in [0.15, 0.2) is 30.6 Å². The smallest absolute Gasteiger partial charge is 0.395 e. The van der Waals surface area contributed by atoms with Crippen molar-refractivity contribution in [1.82, 2.24) is 14.5 Å². The number of carbonyl (C=O) groups is 1. The fraction of sp³-hybridized carbons (Fsp3) is 0.333. The van der Waals surface area contributed by atoms with Gasteiger partial charge in [-0.2, -0.15) is 18.3 Å². The fourth-order valence-corrected chi connectivity index (χ4v) is 1.86. The van der Waals surface area contributed by atoms with E-state index in [9.17, 15) is 18.0 Å². The van der Waals surface area contributed by atoms with Gasteiger partial charge in [-0.3, -0.25) is 4.79 Å². The van der Waals surface area contributed by atoms with Crippen molar-refractivity contribution in [2.75, 3.05) is 19.7 Å². The monoisotopic (exact) mass is 287 g/mol. The summed E-state index contributed by atoms with van der Waals surface area (Å²) in [6.07, 6.45) is -1.71. The number of amides is 1. The Kier molecular flexibility index (Phi) is 3.93. The number of aliphatic hydroxyl groups excluding tert-OH is 1. The topological polar surface area (TPSA) is 57.8 Å². The minimum Gasteiger partial charge on any atom is -0.395 e. The molecule has 0 saturated carbocycles. The molecule has 0 unspecified atom stereocenters. The molecule has 0 aliphatic heterocycles. The molecule has 0 bridgehead atoms. The zero-order valence-corrected chi connectivity index (χ0v) is 10.3. The molecular weight excluding hydrogens is 275 g/mol. The zero-order valence-electron chi connectivity index (χ0n) is 10.3. The number of hydrogen-bond acceptors (Lipinski definition) is 3. The number of halogens is 3. The van der Waals surface area contributed by atoms with E-state index < -0.39 is 25.2 Å². The molecule has 5 nitrogen and oxygen atoms in total. The van der Waals surface area contributed by atoms with E-state index in [1.165, 1.54) is 10.7 Å². The summed E-state index contributed by atoms with van der Waals surface area (Å²) in [7, 11) is 0. The highest BCUT2D eigenvalue weighted by Crippen LogP contribution is 2.19. The minimum absolute atomic E-state index is 0.0725. The Hall–Kier alpha value is -2.09. The number of pyridine rings is 1. The first-order chi connectivity index (χ1) is 9.42. The molecule has 0 aliphatic rings. The van der Waals surface area contributed by atoms with E-state index in [2.05, 4.69) is 5.10 Å². The summed E-state index contributed by atoms with van der Waals surface area (Å²) in [4.78, 5) is 12.7. The van der Waals surface area contributed by atoms with Crippen LogP contribution in [0, 0.1) is 0 Å². The average Bonchev–Trinajstić information content (AvgIpc) is 2.79. The Balaban J connectivity index is 2.31. The molecule has 108 valence electrons. The fourth-order valence-electron chi connectivity index (χ4n) is 1.86. The van der Waals surface area contributed by atoms with Crippen molar-refractivity contribution >= 4 is 11.4 Å². The molecule has 2 heterocycles. The predicted octanol–water partition coefficient (Wildman–Crippen LogP) is 1.33. The summed E-state index contributed by atoms with van der Waals surface area (Å²) in [6.45, 7) is -2.33. The van der Waals surface area contributed by atoms with Gasteiger partial charge in [-0.15, -0.1) is 0 Å². The Bertz CT molecular complexity index is 609. The molecule has 2 rings (SSSR count). The molecule has 0 atom stereocenters. The van der Waals surface area contributed by atoms with Gasteiger partial charge in [0, 0.05) is 12.7 Å². The van der Waals surface area contributed by atoms with Crippen molar-refractivity contribution in [2.45, 2.75) is 6.18 Å².